The molecule has 0 spiro atoms. The number of anilines is 1. The molecule has 1 N–H and O–H groups in total. The maximum absolute atomic E-state index is 13.6. The first-order chi connectivity index (χ1) is 15.7. The Balaban J connectivity index is 1.64. The van der Waals surface area contributed by atoms with Crippen molar-refractivity contribution in [1.82, 2.24) is 14.9 Å². The first-order valence-electron chi connectivity index (χ1n) is 10.2. The van der Waals surface area contributed by atoms with Gasteiger partial charge in [0.25, 0.3) is 0 Å². The molecule has 7 heteroatoms. The van der Waals surface area contributed by atoms with Crippen LogP contribution in [0.3, 0.4) is 0 Å². The van der Waals surface area contributed by atoms with Gasteiger partial charge < -0.3 is 19.5 Å². The number of pyridine rings is 1. The molecule has 1 fully saturated rings. The molecule has 0 amide bonds. The number of nitrogens with one attached hydrogen (secondary N) is 1. The predicted octanol–water partition coefficient (Wildman–Crippen LogP) is 5.20. The molecule has 0 unspecified atom stereocenters. The van der Waals surface area contributed by atoms with Crippen molar-refractivity contribution in [3.8, 4) is 11.4 Å². The zero-order chi connectivity index (χ0) is 22.1. The minimum atomic E-state index is -0.286. The van der Waals surface area contributed by atoms with Gasteiger partial charge in [0.1, 0.15) is 17.6 Å². The second-order valence-electron chi connectivity index (χ2n) is 7.47. The summed E-state index contributed by atoms with van der Waals surface area (Å²) in [5.41, 5.74) is 3.73. The highest BCUT2D eigenvalue weighted by molar-refractivity contribution is 7.80. The van der Waals surface area contributed by atoms with E-state index in [4.69, 9.17) is 17.0 Å². The molecule has 5 nitrogen and oxygen atoms in total. The average Bonchev–Trinajstić information content (AvgIpc) is 3.44. The van der Waals surface area contributed by atoms with Crippen LogP contribution in [-0.2, 0) is 0 Å². The smallest absolute Gasteiger partial charge is 0.174 e. The number of nitrogens with zero attached hydrogens (tertiary/aromatic N) is 3. The van der Waals surface area contributed by atoms with Crippen LogP contribution in [0.4, 0.5) is 10.1 Å². The number of rotatable bonds is 5. The third-order valence-electron chi connectivity index (χ3n) is 5.64. The van der Waals surface area contributed by atoms with Crippen LogP contribution >= 0.6 is 12.2 Å². The van der Waals surface area contributed by atoms with Gasteiger partial charge in [-0.1, -0.05) is 6.07 Å². The molecule has 1 saturated heterocycles. The Hall–Kier alpha value is -3.71. The van der Waals surface area contributed by atoms with Gasteiger partial charge >= 0.3 is 0 Å². The Morgan fingerprint density at radius 1 is 0.938 bits per heavy atom. The van der Waals surface area contributed by atoms with Gasteiger partial charge in [-0.3, -0.25) is 4.98 Å². The van der Waals surface area contributed by atoms with Gasteiger partial charge in [-0.15, -0.1) is 0 Å². The third kappa shape index (κ3) is 3.61. The fourth-order valence-corrected chi connectivity index (χ4v) is 4.49. The maximum Gasteiger partial charge on any atom is 0.174 e. The minimum absolute atomic E-state index is 0.180. The lowest BCUT2D eigenvalue weighted by Gasteiger charge is -2.29. The summed E-state index contributed by atoms with van der Waals surface area (Å²) < 4.78 is 21.1. The molecule has 2 aromatic heterocycles. The van der Waals surface area contributed by atoms with E-state index in [1.165, 1.54) is 12.1 Å². The summed E-state index contributed by atoms with van der Waals surface area (Å²) in [7, 11) is 1.65. The lowest BCUT2D eigenvalue weighted by Crippen LogP contribution is -2.30. The molecule has 0 bridgehead atoms. The van der Waals surface area contributed by atoms with Gasteiger partial charge in [0.15, 0.2) is 5.11 Å². The molecule has 0 radical (unpaired) electrons. The van der Waals surface area contributed by atoms with Crippen LogP contribution in [-0.4, -0.2) is 21.8 Å². The minimum Gasteiger partial charge on any atom is -0.497 e. The van der Waals surface area contributed by atoms with Crippen molar-refractivity contribution in [2.45, 2.75) is 12.1 Å². The van der Waals surface area contributed by atoms with Crippen molar-refractivity contribution in [2.75, 3.05) is 12.0 Å². The Morgan fingerprint density at radius 3 is 2.38 bits per heavy atom. The van der Waals surface area contributed by atoms with Gasteiger partial charge in [-0.25, -0.2) is 4.39 Å². The second kappa shape index (κ2) is 8.43. The summed E-state index contributed by atoms with van der Waals surface area (Å²) in [5, 5.41) is 4.01. The highest BCUT2D eigenvalue weighted by Gasteiger charge is 2.42. The molecule has 2 aromatic carbocycles. The zero-order valence-corrected chi connectivity index (χ0v) is 18.2. The van der Waals surface area contributed by atoms with Crippen LogP contribution in [0.1, 0.15) is 23.5 Å². The van der Waals surface area contributed by atoms with E-state index in [2.05, 4.69) is 20.9 Å². The van der Waals surface area contributed by atoms with Crippen molar-refractivity contribution in [3.63, 3.8) is 0 Å². The van der Waals surface area contributed by atoms with E-state index in [0.29, 0.717) is 5.11 Å². The summed E-state index contributed by atoms with van der Waals surface area (Å²) in [6.07, 6.45) is 3.80. The summed E-state index contributed by atoms with van der Waals surface area (Å²) in [6.45, 7) is 0. The van der Waals surface area contributed by atoms with Gasteiger partial charge in [0.05, 0.1) is 18.8 Å². The molecule has 4 aromatic rings. The normalized spacial score (nSPS) is 17.9. The summed E-state index contributed by atoms with van der Waals surface area (Å²) >= 11 is 5.74. The van der Waals surface area contributed by atoms with Gasteiger partial charge in [0.2, 0.25) is 0 Å². The predicted molar refractivity (Wildman–Crippen MR) is 127 cm³/mol. The molecule has 0 aliphatic carbocycles. The second-order valence-corrected chi connectivity index (χ2v) is 7.86. The topological polar surface area (TPSA) is 42.3 Å². The van der Waals surface area contributed by atoms with Crippen LogP contribution in [0.2, 0.25) is 0 Å². The Kier molecular flexibility index (Phi) is 5.33. The number of thiocarbonyl (C=S) groups is 1. The van der Waals surface area contributed by atoms with E-state index < -0.39 is 0 Å². The summed E-state index contributed by atoms with van der Waals surface area (Å²) in [6, 6.07) is 23.9. The van der Waals surface area contributed by atoms with Crippen LogP contribution < -0.4 is 15.0 Å². The first kappa shape index (κ1) is 20.2. The summed E-state index contributed by atoms with van der Waals surface area (Å²) in [5.74, 6) is 0.511. The Bertz CT molecular complexity index is 1230. The Labute approximate surface area is 191 Å². The van der Waals surface area contributed by atoms with Gasteiger partial charge in [-0.05, 0) is 85.0 Å². The molecule has 160 valence electrons. The quantitative estimate of drug-likeness (QED) is 0.429. The number of methoxy groups -OCH3 is 1. The fraction of sp³-hybridized carbons (Fsp3) is 0.120. The maximum atomic E-state index is 13.6. The Morgan fingerprint density at radius 2 is 1.69 bits per heavy atom. The van der Waals surface area contributed by atoms with Gasteiger partial charge in [-0.2, -0.15) is 0 Å². The lowest BCUT2D eigenvalue weighted by molar-refractivity contribution is 0.414. The molecule has 3 heterocycles. The van der Waals surface area contributed by atoms with E-state index in [1.807, 2.05) is 59.6 Å². The molecule has 0 saturated carbocycles. The first-order valence-corrected chi connectivity index (χ1v) is 10.6. The van der Waals surface area contributed by atoms with E-state index in [9.17, 15) is 4.39 Å². The highest BCUT2D eigenvalue weighted by Crippen LogP contribution is 2.42. The van der Waals surface area contributed by atoms with Crippen molar-refractivity contribution < 1.29 is 9.13 Å². The highest BCUT2D eigenvalue weighted by atomic mass is 32.1. The number of aromatic nitrogens is 2. The molecule has 2 atom stereocenters. The van der Waals surface area contributed by atoms with Crippen LogP contribution in [0.25, 0.3) is 5.69 Å². The molecule has 1 aliphatic rings. The van der Waals surface area contributed by atoms with Crippen LogP contribution in [0.5, 0.6) is 5.75 Å². The molecular formula is C25H21FN4OS. The largest absolute Gasteiger partial charge is 0.497 e. The number of halogens is 1. The van der Waals surface area contributed by atoms with E-state index >= 15 is 0 Å². The molecule has 5 rings (SSSR count). The van der Waals surface area contributed by atoms with Crippen LogP contribution in [0, 0.1) is 5.82 Å². The SMILES string of the molecule is COc1ccc(-n2cccc2[C@H]2[C@H](c3ccccn3)NC(=S)N2c2ccc(F)cc2)cc1. The van der Waals surface area contributed by atoms with Crippen molar-refractivity contribution in [2.24, 2.45) is 0 Å². The molecule has 32 heavy (non-hydrogen) atoms. The van der Waals surface area contributed by atoms with Gasteiger partial charge in [0, 0.05) is 29.5 Å². The monoisotopic (exact) mass is 444 g/mol. The number of hydrogen-bond acceptors (Lipinski definition) is 3. The number of ether oxygens (including phenoxy) is 1. The van der Waals surface area contributed by atoms with Crippen molar-refractivity contribution >= 4 is 23.0 Å². The van der Waals surface area contributed by atoms with E-state index in [0.717, 1.165) is 28.5 Å². The average molecular weight is 445 g/mol. The van der Waals surface area contributed by atoms with E-state index in [1.54, 1.807) is 25.4 Å². The molecule has 1 aliphatic heterocycles. The summed E-state index contributed by atoms with van der Waals surface area (Å²) in [4.78, 5) is 6.62. The van der Waals surface area contributed by atoms with Crippen molar-refractivity contribution in [3.05, 3.63) is 108 Å². The zero-order valence-electron chi connectivity index (χ0n) is 17.4. The number of benzene rings is 2. The number of hydrogen-bond donors (Lipinski definition) is 1. The van der Waals surface area contributed by atoms with E-state index in [-0.39, 0.29) is 17.9 Å². The van der Waals surface area contributed by atoms with Crippen molar-refractivity contribution in [1.29, 1.82) is 0 Å². The fourth-order valence-electron chi connectivity index (χ4n) is 4.15. The third-order valence-corrected chi connectivity index (χ3v) is 5.95. The lowest BCUT2D eigenvalue weighted by atomic mass is 10.0. The standard InChI is InChI=1S/C25H21FN4OS/c1-31-20-13-11-18(12-14-20)29-16-4-6-22(29)24-23(21-5-2-3-15-27-21)28-25(32)30(24)19-9-7-17(26)8-10-19/h2-16,23-24H,1H3,(H,28,32)/t23-,24-/m0/s1. The van der Waals surface area contributed by atoms with Crippen LogP contribution in [0.15, 0.2) is 91.3 Å². The molecular weight excluding hydrogens is 423 g/mol.